The number of methoxy groups -OCH3 is 1. The van der Waals surface area contributed by atoms with Gasteiger partial charge in [-0.2, -0.15) is 0 Å². The van der Waals surface area contributed by atoms with Crippen molar-refractivity contribution in [2.45, 2.75) is 44.2 Å². The molecule has 32 heavy (non-hydrogen) atoms. The van der Waals surface area contributed by atoms with Gasteiger partial charge in [-0.05, 0) is 30.5 Å². The fourth-order valence-electron chi connectivity index (χ4n) is 5.10. The second kappa shape index (κ2) is 11.3. The standard InChI is InChI=1S/C26H36N4O2/c1-32-25-15-9-8-14-23(25)28-26(31)27-20-24(21-10-4-2-5-11-21)30-18-16-29(17-19-30)22-12-6-3-7-13-22/h2,4-5,8-11,14-15,22,24H,3,6-7,12-13,16-20H2,1H3,(H2,27,28,31). The molecule has 1 saturated carbocycles. The lowest BCUT2D eigenvalue weighted by atomic mass is 9.93. The third-order valence-corrected chi connectivity index (χ3v) is 6.88. The fraction of sp³-hybridized carbons (Fsp3) is 0.500. The summed E-state index contributed by atoms with van der Waals surface area (Å²) in [6, 6.07) is 18.7. The van der Waals surface area contributed by atoms with Crippen molar-refractivity contribution in [1.29, 1.82) is 0 Å². The van der Waals surface area contributed by atoms with Crippen LogP contribution in [0.5, 0.6) is 5.75 Å². The van der Waals surface area contributed by atoms with E-state index >= 15 is 0 Å². The maximum Gasteiger partial charge on any atom is 0.319 e. The van der Waals surface area contributed by atoms with E-state index in [1.165, 1.54) is 37.7 Å². The molecule has 172 valence electrons. The summed E-state index contributed by atoms with van der Waals surface area (Å²) < 4.78 is 5.34. The zero-order valence-corrected chi connectivity index (χ0v) is 19.1. The van der Waals surface area contributed by atoms with E-state index in [0.29, 0.717) is 18.0 Å². The van der Waals surface area contributed by atoms with Crippen molar-refractivity contribution in [1.82, 2.24) is 15.1 Å². The Morgan fingerprint density at radius 1 is 0.969 bits per heavy atom. The molecule has 2 fully saturated rings. The Morgan fingerprint density at radius 3 is 2.38 bits per heavy atom. The van der Waals surface area contributed by atoms with Crippen molar-refractivity contribution < 1.29 is 9.53 Å². The Labute approximate surface area is 191 Å². The normalized spacial score (nSPS) is 19.3. The maximum atomic E-state index is 12.7. The topological polar surface area (TPSA) is 56.8 Å². The van der Waals surface area contributed by atoms with Gasteiger partial charge in [-0.3, -0.25) is 9.80 Å². The number of anilines is 1. The van der Waals surface area contributed by atoms with E-state index in [9.17, 15) is 4.79 Å². The number of carbonyl (C=O) groups excluding carboxylic acids is 1. The average molecular weight is 437 g/mol. The molecule has 0 aromatic heterocycles. The quantitative estimate of drug-likeness (QED) is 0.671. The molecular formula is C26H36N4O2. The summed E-state index contributed by atoms with van der Waals surface area (Å²) in [4.78, 5) is 17.9. The van der Waals surface area contributed by atoms with Gasteiger partial charge in [0, 0.05) is 38.8 Å². The predicted octanol–water partition coefficient (Wildman–Crippen LogP) is 4.51. The molecule has 1 heterocycles. The Morgan fingerprint density at radius 2 is 1.66 bits per heavy atom. The van der Waals surface area contributed by atoms with Gasteiger partial charge >= 0.3 is 6.03 Å². The van der Waals surface area contributed by atoms with Crippen LogP contribution in [-0.4, -0.2) is 61.7 Å². The van der Waals surface area contributed by atoms with Crippen LogP contribution < -0.4 is 15.4 Å². The lowest BCUT2D eigenvalue weighted by Gasteiger charge is -2.43. The number of nitrogens with one attached hydrogen (secondary N) is 2. The third kappa shape index (κ3) is 5.81. The van der Waals surface area contributed by atoms with Gasteiger partial charge in [0.1, 0.15) is 5.75 Å². The average Bonchev–Trinajstić information content (AvgIpc) is 2.86. The number of urea groups is 1. The van der Waals surface area contributed by atoms with Crippen LogP contribution in [-0.2, 0) is 0 Å². The molecule has 1 saturated heterocycles. The number of ether oxygens (including phenoxy) is 1. The van der Waals surface area contributed by atoms with Crippen molar-refractivity contribution in [2.75, 3.05) is 45.2 Å². The molecule has 0 radical (unpaired) electrons. The summed E-state index contributed by atoms with van der Waals surface area (Å²) in [5.41, 5.74) is 1.92. The minimum Gasteiger partial charge on any atom is -0.495 e. The van der Waals surface area contributed by atoms with Crippen LogP contribution in [0.2, 0.25) is 0 Å². The number of hydrogen-bond acceptors (Lipinski definition) is 4. The molecule has 6 nitrogen and oxygen atoms in total. The highest BCUT2D eigenvalue weighted by Gasteiger charge is 2.29. The molecule has 1 atom stereocenters. The zero-order valence-electron chi connectivity index (χ0n) is 19.1. The number of para-hydroxylation sites is 2. The minimum absolute atomic E-state index is 0.160. The molecular weight excluding hydrogens is 400 g/mol. The van der Waals surface area contributed by atoms with E-state index in [2.05, 4.69) is 44.7 Å². The van der Waals surface area contributed by atoms with Crippen molar-refractivity contribution in [3.63, 3.8) is 0 Å². The van der Waals surface area contributed by atoms with Crippen molar-refractivity contribution >= 4 is 11.7 Å². The number of amides is 2. The molecule has 2 N–H and O–H groups in total. The number of nitrogens with zero attached hydrogens (tertiary/aromatic N) is 2. The van der Waals surface area contributed by atoms with E-state index in [0.717, 1.165) is 32.2 Å². The monoisotopic (exact) mass is 436 g/mol. The first-order valence-electron chi connectivity index (χ1n) is 12.0. The highest BCUT2D eigenvalue weighted by atomic mass is 16.5. The van der Waals surface area contributed by atoms with E-state index in [4.69, 9.17) is 4.74 Å². The van der Waals surface area contributed by atoms with E-state index in [-0.39, 0.29) is 12.1 Å². The van der Waals surface area contributed by atoms with Crippen LogP contribution >= 0.6 is 0 Å². The predicted molar refractivity (Wildman–Crippen MR) is 129 cm³/mol. The first-order chi connectivity index (χ1) is 15.7. The summed E-state index contributed by atoms with van der Waals surface area (Å²) in [6.07, 6.45) is 6.86. The molecule has 1 aliphatic carbocycles. The third-order valence-electron chi connectivity index (χ3n) is 6.88. The largest absolute Gasteiger partial charge is 0.495 e. The molecule has 0 bridgehead atoms. The number of piperazine rings is 1. The number of carbonyl (C=O) groups is 1. The molecule has 2 amide bonds. The van der Waals surface area contributed by atoms with Crippen LogP contribution in [0.4, 0.5) is 10.5 Å². The van der Waals surface area contributed by atoms with Gasteiger partial charge in [0.25, 0.3) is 0 Å². The number of rotatable bonds is 7. The SMILES string of the molecule is COc1ccccc1NC(=O)NCC(c1ccccc1)N1CCN(C2CCCCC2)CC1. The summed E-state index contributed by atoms with van der Waals surface area (Å²) in [5, 5.41) is 6.01. The Bertz CT molecular complexity index is 846. The number of hydrogen-bond donors (Lipinski definition) is 2. The van der Waals surface area contributed by atoms with Crippen molar-refractivity contribution in [3.05, 3.63) is 60.2 Å². The molecule has 1 unspecified atom stereocenters. The second-order valence-corrected chi connectivity index (χ2v) is 8.83. The van der Waals surface area contributed by atoms with Crippen LogP contribution in [0.1, 0.15) is 43.7 Å². The van der Waals surface area contributed by atoms with E-state index < -0.39 is 0 Å². The van der Waals surface area contributed by atoms with Gasteiger partial charge in [-0.15, -0.1) is 0 Å². The number of benzene rings is 2. The van der Waals surface area contributed by atoms with Gasteiger partial charge < -0.3 is 15.4 Å². The summed E-state index contributed by atoms with van der Waals surface area (Å²) in [5.74, 6) is 0.654. The van der Waals surface area contributed by atoms with Gasteiger partial charge in [-0.1, -0.05) is 61.7 Å². The summed E-state index contributed by atoms with van der Waals surface area (Å²) in [7, 11) is 1.61. The van der Waals surface area contributed by atoms with Gasteiger partial charge in [-0.25, -0.2) is 4.79 Å². The van der Waals surface area contributed by atoms with Crippen LogP contribution in [0.3, 0.4) is 0 Å². The molecule has 2 aromatic rings. The molecule has 0 spiro atoms. The second-order valence-electron chi connectivity index (χ2n) is 8.83. The zero-order chi connectivity index (χ0) is 22.2. The van der Waals surface area contributed by atoms with E-state index in [1.807, 2.05) is 30.3 Å². The highest BCUT2D eigenvalue weighted by Crippen LogP contribution is 2.27. The maximum absolute atomic E-state index is 12.7. The lowest BCUT2D eigenvalue weighted by molar-refractivity contribution is 0.0565. The molecule has 4 rings (SSSR count). The Balaban J connectivity index is 1.37. The fourth-order valence-corrected chi connectivity index (χ4v) is 5.10. The summed E-state index contributed by atoms with van der Waals surface area (Å²) >= 11 is 0. The molecule has 1 aliphatic heterocycles. The first-order valence-corrected chi connectivity index (χ1v) is 12.0. The smallest absolute Gasteiger partial charge is 0.319 e. The van der Waals surface area contributed by atoms with Gasteiger partial charge in [0.05, 0.1) is 18.8 Å². The molecule has 6 heteroatoms. The van der Waals surface area contributed by atoms with Crippen LogP contribution in [0.15, 0.2) is 54.6 Å². The lowest BCUT2D eigenvalue weighted by Crippen LogP contribution is -2.53. The van der Waals surface area contributed by atoms with Gasteiger partial charge in [0.2, 0.25) is 0 Å². The van der Waals surface area contributed by atoms with Crippen molar-refractivity contribution in [2.24, 2.45) is 0 Å². The Hall–Kier alpha value is -2.57. The minimum atomic E-state index is -0.212. The highest BCUT2D eigenvalue weighted by molar-refractivity contribution is 5.90. The molecule has 2 aliphatic rings. The summed E-state index contributed by atoms with van der Waals surface area (Å²) in [6.45, 7) is 4.86. The van der Waals surface area contributed by atoms with Crippen LogP contribution in [0, 0.1) is 0 Å². The van der Waals surface area contributed by atoms with Gasteiger partial charge in [0.15, 0.2) is 0 Å². The van der Waals surface area contributed by atoms with Crippen LogP contribution in [0.25, 0.3) is 0 Å². The van der Waals surface area contributed by atoms with E-state index in [1.54, 1.807) is 7.11 Å². The Kier molecular flexibility index (Phi) is 8.02. The molecule has 2 aromatic carbocycles. The first kappa shape index (κ1) is 22.6. The van der Waals surface area contributed by atoms with Crippen molar-refractivity contribution in [3.8, 4) is 5.75 Å².